The van der Waals surface area contributed by atoms with Crippen molar-refractivity contribution in [1.29, 1.82) is 5.41 Å². The molecule has 66 valence electrons. The Morgan fingerprint density at radius 3 is 2.73 bits per heavy atom. The molecule has 0 saturated carbocycles. The van der Waals surface area contributed by atoms with Crippen LogP contribution in [0, 0.1) is 5.41 Å². The van der Waals surface area contributed by atoms with Gasteiger partial charge in [-0.05, 0) is 31.9 Å². The SMILES string of the molecule is CO[C@@H](O)CCCCCC=N. The van der Waals surface area contributed by atoms with E-state index in [1.807, 2.05) is 0 Å². The molecule has 3 heteroatoms. The van der Waals surface area contributed by atoms with E-state index in [-0.39, 0.29) is 0 Å². The molecule has 2 N–H and O–H groups in total. The van der Waals surface area contributed by atoms with Gasteiger partial charge < -0.3 is 15.3 Å². The maximum atomic E-state index is 8.95. The highest BCUT2D eigenvalue weighted by Crippen LogP contribution is 2.04. The van der Waals surface area contributed by atoms with Gasteiger partial charge in [0.1, 0.15) is 0 Å². The van der Waals surface area contributed by atoms with Crippen LogP contribution in [0.25, 0.3) is 0 Å². The van der Waals surface area contributed by atoms with Crippen LogP contribution in [0.15, 0.2) is 0 Å². The first-order valence-electron chi connectivity index (χ1n) is 4.01. The lowest BCUT2D eigenvalue weighted by Crippen LogP contribution is -2.07. The second-order valence-corrected chi connectivity index (χ2v) is 2.53. The van der Waals surface area contributed by atoms with Gasteiger partial charge in [-0.2, -0.15) is 0 Å². The third kappa shape index (κ3) is 7.49. The molecule has 0 aliphatic rings. The van der Waals surface area contributed by atoms with Gasteiger partial charge in [-0.25, -0.2) is 0 Å². The second kappa shape index (κ2) is 7.69. The maximum Gasteiger partial charge on any atom is 0.154 e. The van der Waals surface area contributed by atoms with Crippen LogP contribution < -0.4 is 0 Å². The first kappa shape index (κ1) is 10.6. The van der Waals surface area contributed by atoms with Gasteiger partial charge in [-0.3, -0.25) is 0 Å². The van der Waals surface area contributed by atoms with Gasteiger partial charge in [0, 0.05) is 7.11 Å². The smallest absolute Gasteiger partial charge is 0.154 e. The summed E-state index contributed by atoms with van der Waals surface area (Å²) in [6.07, 6.45) is 5.46. The lowest BCUT2D eigenvalue weighted by Gasteiger charge is -2.06. The van der Waals surface area contributed by atoms with E-state index in [4.69, 9.17) is 10.5 Å². The van der Waals surface area contributed by atoms with E-state index in [2.05, 4.69) is 4.74 Å². The number of hydrogen-bond acceptors (Lipinski definition) is 3. The van der Waals surface area contributed by atoms with Gasteiger partial charge in [-0.1, -0.05) is 6.42 Å². The van der Waals surface area contributed by atoms with Crippen LogP contribution in [-0.4, -0.2) is 24.7 Å². The van der Waals surface area contributed by atoms with E-state index < -0.39 is 6.29 Å². The normalized spacial score (nSPS) is 12.9. The highest BCUT2D eigenvalue weighted by Gasteiger charge is 1.98. The molecule has 0 aliphatic carbocycles. The molecule has 0 aromatic carbocycles. The molecule has 0 spiro atoms. The molecular weight excluding hydrogens is 142 g/mol. The number of hydrogen-bond donors (Lipinski definition) is 2. The number of nitrogens with one attached hydrogen (secondary N) is 1. The molecule has 0 aromatic heterocycles. The molecule has 0 bridgehead atoms. The predicted octanol–water partition coefficient (Wildman–Crippen LogP) is 1.55. The number of ether oxygens (including phenoxy) is 1. The van der Waals surface area contributed by atoms with E-state index >= 15 is 0 Å². The molecule has 0 saturated heterocycles. The molecule has 0 amide bonds. The van der Waals surface area contributed by atoms with Crippen molar-refractivity contribution in [3.63, 3.8) is 0 Å². The summed E-state index contributed by atoms with van der Waals surface area (Å²) in [5.41, 5.74) is 0. The number of unbranched alkanes of at least 4 members (excludes halogenated alkanes) is 3. The van der Waals surface area contributed by atoms with Gasteiger partial charge in [-0.15, -0.1) is 0 Å². The molecule has 0 radical (unpaired) electrons. The highest BCUT2D eigenvalue weighted by atomic mass is 16.6. The zero-order valence-electron chi connectivity index (χ0n) is 7.05. The molecule has 0 unspecified atom stereocenters. The summed E-state index contributed by atoms with van der Waals surface area (Å²) >= 11 is 0. The Morgan fingerprint density at radius 2 is 2.18 bits per heavy atom. The monoisotopic (exact) mass is 159 g/mol. The summed E-state index contributed by atoms with van der Waals surface area (Å²) < 4.78 is 4.67. The Bertz CT molecular complexity index is 96.1. The van der Waals surface area contributed by atoms with Crippen LogP contribution in [0.3, 0.4) is 0 Å². The molecule has 0 heterocycles. The third-order valence-electron chi connectivity index (χ3n) is 1.57. The molecule has 0 fully saturated rings. The van der Waals surface area contributed by atoms with Crippen molar-refractivity contribution in [3.05, 3.63) is 0 Å². The Morgan fingerprint density at radius 1 is 1.45 bits per heavy atom. The first-order valence-corrected chi connectivity index (χ1v) is 4.01. The number of rotatable bonds is 7. The summed E-state index contributed by atoms with van der Waals surface area (Å²) in [6.45, 7) is 0. The summed E-state index contributed by atoms with van der Waals surface area (Å²) in [4.78, 5) is 0. The van der Waals surface area contributed by atoms with Crippen molar-refractivity contribution >= 4 is 6.21 Å². The Hall–Kier alpha value is -0.410. The Kier molecular flexibility index (Phi) is 7.41. The van der Waals surface area contributed by atoms with Gasteiger partial charge in [0.2, 0.25) is 0 Å². The van der Waals surface area contributed by atoms with E-state index in [1.54, 1.807) is 0 Å². The summed E-state index contributed by atoms with van der Waals surface area (Å²) in [5, 5.41) is 15.7. The first-order chi connectivity index (χ1) is 5.31. The van der Waals surface area contributed by atoms with Crippen molar-refractivity contribution in [2.24, 2.45) is 0 Å². The molecular formula is C8H17NO2. The molecule has 0 rings (SSSR count). The van der Waals surface area contributed by atoms with Gasteiger partial charge in [0.25, 0.3) is 0 Å². The van der Waals surface area contributed by atoms with Crippen LogP contribution >= 0.6 is 0 Å². The second-order valence-electron chi connectivity index (χ2n) is 2.53. The zero-order valence-corrected chi connectivity index (χ0v) is 7.05. The molecule has 0 aliphatic heterocycles. The van der Waals surface area contributed by atoms with Crippen LogP contribution in [0.2, 0.25) is 0 Å². The van der Waals surface area contributed by atoms with Gasteiger partial charge >= 0.3 is 0 Å². The standard InChI is InChI=1S/C8H17NO2/c1-11-8(10)6-4-2-3-5-7-9/h7-10H,2-6H2,1H3/t8-/m1/s1. The summed E-state index contributed by atoms with van der Waals surface area (Å²) in [7, 11) is 1.50. The lowest BCUT2D eigenvalue weighted by atomic mass is 10.1. The molecule has 0 aromatic rings. The summed E-state index contributed by atoms with van der Waals surface area (Å²) in [6, 6.07) is 0. The van der Waals surface area contributed by atoms with Crippen LogP contribution in [0.1, 0.15) is 32.1 Å². The highest BCUT2D eigenvalue weighted by molar-refractivity contribution is 5.52. The van der Waals surface area contributed by atoms with Crippen molar-refractivity contribution in [2.45, 2.75) is 38.4 Å². The topological polar surface area (TPSA) is 53.3 Å². The fourth-order valence-corrected chi connectivity index (χ4v) is 0.860. The molecule has 11 heavy (non-hydrogen) atoms. The Labute approximate surface area is 67.9 Å². The van der Waals surface area contributed by atoms with E-state index in [0.717, 1.165) is 25.7 Å². The lowest BCUT2D eigenvalue weighted by molar-refractivity contribution is -0.0792. The number of aliphatic hydroxyl groups is 1. The van der Waals surface area contributed by atoms with Crippen molar-refractivity contribution in [1.82, 2.24) is 0 Å². The predicted molar refractivity (Wildman–Crippen MR) is 44.9 cm³/mol. The van der Waals surface area contributed by atoms with Crippen molar-refractivity contribution in [3.8, 4) is 0 Å². The van der Waals surface area contributed by atoms with Gasteiger partial charge in [0.05, 0.1) is 0 Å². The number of aliphatic hydroxyl groups excluding tert-OH is 1. The van der Waals surface area contributed by atoms with E-state index in [9.17, 15) is 0 Å². The third-order valence-corrected chi connectivity index (χ3v) is 1.57. The van der Waals surface area contributed by atoms with E-state index in [1.165, 1.54) is 13.3 Å². The van der Waals surface area contributed by atoms with Crippen LogP contribution in [0.5, 0.6) is 0 Å². The van der Waals surface area contributed by atoms with Gasteiger partial charge in [0.15, 0.2) is 6.29 Å². The zero-order chi connectivity index (χ0) is 8.53. The maximum absolute atomic E-state index is 8.95. The quantitative estimate of drug-likeness (QED) is 0.336. The van der Waals surface area contributed by atoms with Crippen LogP contribution in [-0.2, 0) is 4.74 Å². The minimum Gasteiger partial charge on any atom is -0.368 e. The Balaban J connectivity index is 2.95. The summed E-state index contributed by atoms with van der Waals surface area (Å²) in [5.74, 6) is 0. The minimum atomic E-state index is -0.602. The van der Waals surface area contributed by atoms with E-state index in [0.29, 0.717) is 6.42 Å². The van der Waals surface area contributed by atoms with Crippen molar-refractivity contribution < 1.29 is 9.84 Å². The fourth-order valence-electron chi connectivity index (χ4n) is 0.860. The molecule has 1 atom stereocenters. The average Bonchev–Trinajstić information content (AvgIpc) is 2.04. The minimum absolute atomic E-state index is 0.602. The van der Waals surface area contributed by atoms with Crippen molar-refractivity contribution in [2.75, 3.05) is 7.11 Å². The number of methoxy groups -OCH3 is 1. The average molecular weight is 159 g/mol. The van der Waals surface area contributed by atoms with Crippen LogP contribution in [0.4, 0.5) is 0 Å². The molecule has 3 nitrogen and oxygen atoms in total. The largest absolute Gasteiger partial charge is 0.368 e. The fraction of sp³-hybridized carbons (Fsp3) is 0.875.